The van der Waals surface area contributed by atoms with E-state index in [-0.39, 0.29) is 16.7 Å². The summed E-state index contributed by atoms with van der Waals surface area (Å²) in [6.07, 6.45) is 2.43. The van der Waals surface area contributed by atoms with Gasteiger partial charge in [-0.1, -0.05) is 13.8 Å². The van der Waals surface area contributed by atoms with E-state index in [4.69, 9.17) is 4.74 Å². The molecule has 0 spiro atoms. The second-order valence-corrected chi connectivity index (χ2v) is 8.23. The predicted molar refractivity (Wildman–Crippen MR) is 92.4 cm³/mol. The fourth-order valence-corrected chi connectivity index (χ4v) is 4.04. The molecule has 0 aromatic heterocycles. The summed E-state index contributed by atoms with van der Waals surface area (Å²) in [6.45, 7) is 5.37. The second-order valence-electron chi connectivity index (χ2n) is 6.51. The number of hydrogen-bond acceptors (Lipinski definition) is 4. The number of likely N-dealkylation sites (tertiary alicyclic amines) is 1. The van der Waals surface area contributed by atoms with Crippen LogP contribution in [0.25, 0.3) is 0 Å². The maximum Gasteiger partial charge on any atom is 0.241 e. The first kappa shape index (κ1) is 18.7. The number of carbonyl (C=O) groups is 1. The molecule has 1 aromatic rings. The molecule has 134 valence electrons. The van der Waals surface area contributed by atoms with Crippen molar-refractivity contribution in [3.05, 3.63) is 24.3 Å². The summed E-state index contributed by atoms with van der Waals surface area (Å²) in [5, 5.41) is 0. The quantitative estimate of drug-likeness (QED) is 0.813. The number of carbonyl (C=O) groups excluding carboxylic acids is 1. The van der Waals surface area contributed by atoms with Gasteiger partial charge < -0.3 is 9.64 Å². The lowest BCUT2D eigenvalue weighted by atomic mass is 10.0. The molecule has 1 N–H and O–H groups in total. The number of sulfonamides is 1. The van der Waals surface area contributed by atoms with E-state index in [2.05, 4.69) is 4.72 Å². The molecule has 1 aliphatic rings. The van der Waals surface area contributed by atoms with E-state index < -0.39 is 16.1 Å². The Kier molecular flexibility index (Phi) is 6.23. The van der Waals surface area contributed by atoms with Gasteiger partial charge in [0.2, 0.25) is 15.9 Å². The molecule has 0 aliphatic carbocycles. The zero-order valence-electron chi connectivity index (χ0n) is 14.5. The molecule has 7 heteroatoms. The molecule has 1 atom stereocenters. The van der Waals surface area contributed by atoms with E-state index in [0.29, 0.717) is 25.3 Å². The lowest BCUT2D eigenvalue weighted by Crippen LogP contribution is -2.48. The smallest absolute Gasteiger partial charge is 0.241 e. The van der Waals surface area contributed by atoms with Crippen LogP contribution in [-0.2, 0) is 14.8 Å². The lowest BCUT2D eigenvalue weighted by molar-refractivity contribution is -0.132. The lowest BCUT2D eigenvalue weighted by Gasteiger charge is -2.25. The van der Waals surface area contributed by atoms with Crippen molar-refractivity contribution in [2.45, 2.75) is 44.0 Å². The molecule has 1 saturated heterocycles. The Bertz CT molecular complexity index is 650. The van der Waals surface area contributed by atoms with E-state index in [1.807, 2.05) is 13.8 Å². The summed E-state index contributed by atoms with van der Waals surface area (Å²) in [6, 6.07) is 5.42. The monoisotopic (exact) mass is 354 g/mol. The molecule has 0 unspecified atom stereocenters. The summed E-state index contributed by atoms with van der Waals surface area (Å²) < 4.78 is 32.9. The highest BCUT2D eigenvalue weighted by Gasteiger charge is 2.31. The van der Waals surface area contributed by atoms with Crippen LogP contribution in [0.4, 0.5) is 0 Å². The van der Waals surface area contributed by atoms with Crippen molar-refractivity contribution < 1.29 is 17.9 Å². The third kappa shape index (κ3) is 4.70. The zero-order valence-corrected chi connectivity index (χ0v) is 15.3. The fourth-order valence-electron chi connectivity index (χ4n) is 2.84. The van der Waals surface area contributed by atoms with Gasteiger partial charge in [-0.3, -0.25) is 4.79 Å². The van der Waals surface area contributed by atoms with Gasteiger partial charge in [0, 0.05) is 13.1 Å². The maximum absolute atomic E-state index is 12.7. The second kappa shape index (κ2) is 7.98. The molecule has 0 saturated carbocycles. The van der Waals surface area contributed by atoms with Crippen molar-refractivity contribution in [1.29, 1.82) is 0 Å². The van der Waals surface area contributed by atoms with Crippen molar-refractivity contribution >= 4 is 15.9 Å². The molecule has 0 radical (unpaired) electrons. The highest BCUT2D eigenvalue weighted by atomic mass is 32.2. The number of rotatable bonds is 7. The molecule has 2 rings (SSSR count). The zero-order chi connectivity index (χ0) is 17.7. The summed E-state index contributed by atoms with van der Waals surface area (Å²) >= 11 is 0. The summed E-state index contributed by atoms with van der Waals surface area (Å²) in [4.78, 5) is 14.6. The molecule has 0 bridgehead atoms. The Hall–Kier alpha value is -1.60. The van der Waals surface area contributed by atoms with E-state index in [1.165, 1.54) is 19.2 Å². The topological polar surface area (TPSA) is 75.7 Å². The molecule has 1 aromatic carbocycles. The molecule has 1 aliphatic heterocycles. The number of amides is 1. The molecule has 24 heavy (non-hydrogen) atoms. The van der Waals surface area contributed by atoms with Gasteiger partial charge in [0.1, 0.15) is 11.8 Å². The van der Waals surface area contributed by atoms with Crippen LogP contribution >= 0.6 is 0 Å². The number of hydrogen-bond donors (Lipinski definition) is 1. The summed E-state index contributed by atoms with van der Waals surface area (Å²) in [7, 11) is -2.23. The van der Waals surface area contributed by atoms with Gasteiger partial charge in [0.05, 0.1) is 12.0 Å². The standard InChI is InChI=1S/C17H26N2O4S/c1-13(2)12-16(17(20)19-10-4-5-11-19)18-24(21,22)15-8-6-14(23-3)7-9-15/h6-9,13,16,18H,4-5,10-12H2,1-3H3/t16-/m1/s1. The molecule has 6 nitrogen and oxygen atoms in total. The molecule has 1 fully saturated rings. The highest BCUT2D eigenvalue weighted by molar-refractivity contribution is 7.89. The maximum atomic E-state index is 12.7. The van der Waals surface area contributed by atoms with Crippen molar-refractivity contribution in [2.24, 2.45) is 5.92 Å². The average molecular weight is 354 g/mol. The summed E-state index contributed by atoms with van der Waals surface area (Å²) in [5.41, 5.74) is 0. The van der Waals surface area contributed by atoms with E-state index in [9.17, 15) is 13.2 Å². The Morgan fingerprint density at radius 2 is 1.79 bits per heavy atom. The number of benzene rings is 1. The summed E-state index contributed by atoms with van der Waals surface area (Å²) in [5.74, 6) is 0.666. The Labute approximate surface area is 144 Å². The number of methoxy groups -OCH3 is 1. The minimum atomic E-state index is -3.76. The van der Waals surface area contributed by atoms with Crippen LogP contribution in [0.15, 0.2) is 29.2 Å². The first-order valence-corrected chi connectivity index (χ1v) is 9.77. The predicted octanol–water partition coefficient (Wildman–Crippen LogP) is 2.01. The van der Waals surface area contributed by atoms with Gasteiger partial charge in [-0.2, -0.15) is 4.72 Å². The van der Waals surface area contributed by atoms with E-state index in [1.54, 1.807) is 17.0 Å². The van der Waals surface area contributed by atoms with Gasteiger partial charge in [0.25, 0.3) is 0 Å². The van der Waals surface area contributed by atoms with Crippen LogP contribution < -0.4 is 9.46 Å². The fraction of sp³-hybridized carbons (Fsp3) is 0.588. The number of ether oxygens (including phenoxy) is 1. The Morgan fingerprint density at radius 1 is 1.21 bits per heavy atom. The highest BCUT2D eigenvalue weighted by Crippen LogP contribution is 2.18. The van der Waals surface area contributed by atoms with Gasteiger partial charge in [-0.15, -0.1) is 0 Å². The van der Waals surface area contributed by atoms with Crippen LogP contribution in [0.1, 0.15) is 33.1 Å². The third-order valence-corrected chi connectivity index (χ3v) is 5.58. The van der Waals surface area contributed by atoms with Gasteiger partial charge in [0.15, 0.2) is 0 Å². The molecule has 1 amide bonds. The first-order valence-electron chi connectivity index (χ1n) is 8.28. The Morgan fingerprint density at radius 3 is 2.29 bits per heavy atom. The largest absolute Gasteiger partial charge is 0.497 e. The van der Waals surface area contributed by atoms with Gasteiger partial charge in [-0.25, -0.2) is 8.42 Å². The third-order valence-electron chi connectivity index (χ3n) is 4.09. The van der Waals surface area contributed by atoms with Crippen molar-refractivity contribution in [2.75, 3.05) is 20.2 Å². The van der Waals surface area contributed by atoms with Crippen LogP contribution in [-0.4, -0.2) is 45.5 Å². The molecular weight excluding hydrogens is 328 g/mol. The Balaban J connectivity index is 2.18. The van der Waals surface area contributed by atoms with Crippen molar-refractivity contribution in [3.63, 3.8) is 0 Å². The van der Waals surface area contributed by atoms with Gasteiger partial charge in [-0.05, 0) is 49.4 Å². The normalized spacial score (nSPS) is 16.4. The van der Waals surface area contributed by atoms with Crippen LogP contribution in [0.5, 0.6) is 5.75 Å². The average Bonchev–Trinajstić information content (AvgIpc) is 3.07. The van der Waals surface area contributed by atoms with Crippen LogP contribution in [0.2, 0.25) is 0 Å². The van der Waals surface area contributed by atoms with Crippen molar-refractivity contribution in [1.82, 2.24) is 9.62 Å². The van der Waals surface area contributed by atoms with E-state index in [0.717, 1.165) is 12.8 Å². The van der Waals surface area contributed by atoms with Crippen molar-refractivity contribution in [3.8, 4) is 5.75 Å². The van der Waals surface area contributed by atoms with E-state index >= 15 is 0 Å². The van der Waals surface area contributed by atoms with Gasteiger partial charge >= 0.3 is 0 Å². The van der Waals surface area contributed by atoms with Crippen LogP contribution in [0.3, 0.4) is 0 Å². The SMILES string of the molecule is COc1ccc(S(=O)(=O)N[C@H](CC(C)C)C(=O)N2CCCC2)cc1. The minimum Gasteiger partial charge on any atom is -0.497 e. The first-order chi connectivity index (χ1) is 11.3. The number of nitrogens with zero attached hydrogens (tertiary/aromatic N) is 1. The molecular formula is C17H26N2O4S. The van der Waals surface area contributed by atoms with Crippen LogP contribution in [0, 0.1) is 5.92 Å². The number of nitrogens with one attached hydrogen (secondary N) is 1. The molecule has 1 heterocycles. The minimum absolute atomic E-state index is 0.127.